The summed E-state index contributed by atoms with van der Waals surface area (Å²) in [5, 5.41) is 7.41. The van der Waals surface area contributed by atoms with Crippen molar-refractivity contribution in [3.63, 3.8) is 0 Å². The average Bonchev–Trinajstić information content (AvgIpc) is 2.73. The number of nitrogens with zero attached hydrogens (tertiary/aromatic N) is 2. The van der Waals surface area contributed by atoms with E-state index in [1.54, 1.807) is 0 Å². The highest BCUT2D eigenvalue weighted by molar-refractivity contribution is 7.45. The van der Waals surface area contributed by atoms with E-state index in [0.29, 0.717) is 6.04 Å². The van der Waals surface area contributed by atoms with Gasteiger partial charge in [0.15, 0.2) is 0 Å². The van der Waals surface area contributed by atoms with Gasteiger partial charge in [0.05, 0.1) is 5.52 Å². The monoisotopic (exact) mass is 531 g/mol. The Morgan fingerprint density at radius 2 is 1.43 bits per heavy atom. The van der Waals surface area contributed by atoms with Gasteiger partial charge in [0.2, 0.25) is 0 Å². The van der Waals surface area contributed by atoms with Crippen molar-refractivity contribution < 1.29 is 38.5 Å². The smallest absolute Gasteiger partial charge is 0.382 e. The second-order valence-corrected chi connectivity index (χ2v) is 9.87. The maximum absolute atomic E-state index is 8.88. The highest BCUT2D eigenvalue weighted by Crippen LogP contribution is 2.28. The third kappa shape index (κ3) is 14.3. The number of phosphoric acid groups is 2. The largest absolute Gasteiger partial charge is 0.466 e. The van der Waals surface area contributed by atoms with Gasteiger partial charge >= 0.3 is 15.6 Å². The van der Waals surface area contributed by atoms with Gasteiger partial charge < -0.3 is 39.6 Å². The Hall–Kier alpha value is -1.91. The Kier molecular flexibility index (Phi) is 13.0. The Labute approximate surface area is 204 Å². The maximum atomic E-state index is 8.88. The van der Waals surface area contributed by atoms with Gasteiger partial charge in [-0.25, -0.2) is 9.13 Å². The molecule has 196 valence electrons. The van der Waals surface area contributed by atoms with Crippen LogP contribution < -0.4 is 5.32 Å². The highest BCUT2D eigenvalue weighted by Gasteiger charge is 2.08. The van der Waals surface area contributed by atoms with Crippen LogP contribution in [0.5, 0.6) is 0 Å². The van der Waals surface area contributed by atoms with Crippen LogP contribution in [0.15, 0.2) is 48.7 Å². The molecule has 1 aromatic heterocycles. The number of benzene rings is 2. The molecule has 0 fully saturated rings. The second kappa shape index (κ2) is 14.6. The first-order valence-electron chi connectivity index (χ1n) is 11.0. The van der Waals surface area contributed by atoms with Crippen LogP contribution >= 0.6 is 15.6 Å². The number of nitrogens with one attached hydrogen (secondary N) is 1. The molecular weight excluding hydrogens is 496 g/mol. The van der Waals surface area contributed by atoms with Gasteiger partial charge in [0.25, 0.3) is 0 Å². The molecule has 0 spiro atoms. The topological polar surface area (TPSA) is 184 Å². The Balaban J connectivity index is 0.000000519. The van der Waals surface area contributed by atoms with Gasteiger partial charge in [-0.15, -0.1) is 0 Å². The number of anilines is 1. The molecule has 2 aromatic carbocycles. The summed E-state index contributed by atoms with van der Waals surface area (Å²) in [6, 6.07) is 15.5. The first kappa shape index (κ1) is 31.1. The normalized spacial score (nSPS) is 12.5. The van der Waals surface area contributed by atoms with Crippen LogP contribution in [0.2, 0.25) is 0 Å². The van der Waals surface area contributed by atoms with Crippen LogP contribution in [-0.2, 0) is 9.13 Å². The second-order valence-electron chi connectivity index (χ2n) is 7.82. The lowest BCUT2D eigenvalue weighted by molar-refractivity contribution is 0.272. The number of fused-ring (bicyclic) bond motifs is 2. The van der Waals surface area contributed by atoms with Crippen molar-refractivity contribution in [2.24, 2.45) is 0 Å². The molecule has 1 heterocycles. The standard InChI is InChI=1S/C22H29N3.2H3O4P/c1-4-25(5-2)14-8-9-17(3)24-21-12-13-23-22-16-19-11-7-6-10-18(19)15-20(21)22;2*1-5(2,3)4/h6-7,10-13,15-17H,4-5,8-9,14H2,1-3H3,(H,23,24);2*(H3,1,2,3,4). The van der Waals surface area contributed by atoms with Gasteiger partial charge in [-0.2, -0.15) is 0 Å². The van der Waals surface area contributed by atoms with E-state index in [-0.39, 0.29) is 0 Å². The Morgan fingerprint density at radius 1 is 0.914 bits per heavy atom. The zero-order valence-corrected chi connectivity index (χ0v) is 21.8. The van der Waals surface area contributed by atoms with E-state index in [0.717, 1.165) is 18.6 Å². The molecule has 1 atom stereocenters. The fraction of sp³-hybridized carbons (Fsp3) is 0.409. The number of hydrogen-bond acceptors (Lipinski definition) is 5. The van der Waals surface area contributed by atoms with Crippen LogP contribution in [0.1, 0.15) is 33.6 Å². The van der Waals surface area contributed by atoms with Crippen molar-refractivity contribution in [2.45, 2.75) is 39.7 Å². The molecule has 13 heteroatoms. The van der Waals surface area contributed by atoms with Gasteiger partial charge in [-0.1, -0.05) is 38.1 Å². The summed E-state index contributed by atoms with van der Waals surface area (Å²) in [6.45, 7) is 10.2. The lowest BCUT2D eigenvalue weighted by Crippen LogP contribution is -2.25. The first-order valence-corrected chi connectivity index (χ1v) is 14.2. The van der Waals surface area contributed by atoms with E-state index in [1.165, 1.54) is 41.2 Å². The molecule has 0 aliphatic rings. The third-order valence-corrected chi connectivity index (χ3v) is 5.02. The minimum Gasteiger partial charge on any atom is -0.382 e. The fourth-order valence-corrected chi connectivity index (χ4v) is 3.46. The average molecular weight is 531 g/mol. The summed E-state index contributed by atoms with van der Waals surface area (Å²) in [4.78, 5) is 50.2. The molecule has 0 aliphatic carbocycles. The van der Waals surface area contributed by atoms with Crippen LogP contribution in [-0.4, -0.2) is 64.9 Å². The number of aromatic nitrogens is 1. The van der Waals surface area contributed by atoms with Crippen molar-refractivity contribution in [3.8, 4) is 0 Å². The number of rotatable bonds is 8. The quantitative estimate of drug-likeness (QED) is 0.167. The summed E-state index contributed by atoms with van der Waals surface area (Å²) in [5.74, 6) is 0. The first-order chi connectivity index (χ1) is 16.2. The van der Waals surface area contributed by atoms with Crippen LogP contribution in [0, 0.1) is 0 Å². The van der Waals surface area contributed by atoms with Gasteiger partial charge in [-0.05, 0) is 68.4 Å². The molecule has 0 saturated heterocycles. The van der Waals surface area contributed by atoms with E-state index in [2.05, 4.69) is 78.4 Å². The molecule has 11 nitrogen and oxygen atoms in total. The zero-order valence-electron chi connectivity index (χ0n) is 20.0. The minimum atomic E-state index is -4.64. The molecule has 1 unspecified atom stereocenters. The summed E-state index contributed by atoms with van der Waals surface area (Å²) in [6.07, 6.45) is 4.30. The summed E-state index contributed by atoms with van der Waals surface area (Å²) < 4.78 is 17.8. The van der Waals surface area contributed by atoms with Crippen LogP contribution in [0.3, 0.4) is 0 Å². The van der Waals surface area contributed by atoms with E-state index >= 15 is 0 Å². The summed E-state index contributed by atoms with van der Waals surface area (Å²) in [5.41, 5.74) is 2.24. The summed E-state index contributed by atoms with van der Waals surface area (Å²) in [7, 11) is -9.28. The van der Waals surface area contributed by atoms with Crippen LogP contribution in [0.4, 0.5) is 5.69 Å². The predicted octanol–water partition coefficient (Wildman–Crippen LogP) is 3.45. The minimum absolute atomic E-state index is 0.452. The Morgan fingerprint density at radius 3 is 1.94 bits per heavy atom. The highest BCUT2D eigenvalue weighted by atomic mass is 31.2. The van der Waals surface area contributed by atoms with Gasteiger partial charge in [0, 0.05) is 23.3 Å². The van der Waals surface area contributed by atoms with Crippen molar-refractivity contribution in [1.82, 2.24) is 9.88 Å². The molecular formula is C22H35N3O8P2. The van der Waals surface area contributed by atoms with E-state index in [9.17, 15) is 0 Å². The molecule has 7 N–H and O–H groups in total. The van der Waals surface area contributed by atoms with Gasteiger partial charge in [0.1, 0.15) is 0 Å². The molecule has 3 aromatic rings. The van der Waals surface area contributed by atoms with Crippen molar-refractivity contribution in [1.29, 1.82) is 0 Å². The van der Waals surface area contributed by atoms with Crippen LogP contribution in [0.25, 0.3) is 21.7 Å². The zero-order chi connectivity index (χ0) is 26.6. The van der Waals surface area contributed by atoms with E-state index in [4.69, 9.17) is 38.5 Å². The lowest BCUT2D eigenvalue weighted by atomic mass is 10.1. The third-order valence-electron chi connectivity index (χ3n) is 5.02. The molecule has 3 rings (SSSR count). The molecule has 35 heavy (non-hydrogen) atoms. The molecule has 0 amide bonds. The predicted molar refractivity (Wildman–Crippen MR) is 138 cm³/mol. The van der Waals surface area contributed by atoms with Crippen molar-refractivity contribution >= 4 is 43.0 Å². The lowest BCUT2D eigenvalue weighted by Gasteiger charge is -2.21. The maximum Gasteiger partial charge on any atom is 0.466 e. The fourth-order valence-electron chi connectivity index (χ4n) is 3.46. The molecule has 0 aliphatic heterocycles. The molecule has 0 bridgehead atoms. The van der Waals surface area contributed by atoms with Crippen molar-refractivity contribution in [2.75, 3.05) is 25.0 Å². The van der Waals surface area contributed by atoms with Gasteiger partial charge in [-0.3, -0.25) is 4.98 Å². The SMILES string of the molecule is CCN(CC)CCCC(C)Nc1ccnc2cc3ccccc3cc12.O=P(O)(O)O.O=P(O)(O)O. The number of pyridine rings is 1. The molecule has 0 saturated carbocycles. The summed E-state index contributed by atoms with van der Waals surface area (Å²) >= 11 is 0. The number of hydrogen-bond donors (Lipinski definition) is 7. The Bertz CT molecular complexity index is 1110. The van der Waals surface area contributed by atoms with E-state index < -0.39 is 15.6 Å². The molecule has 0 radical (unpaired) electrons. The van der Waals surface area contributed by atoms with Crippen molar-refractivity contribution in [3.05, 3.63) is 48.7 Å². The van der Waals surface area contributed by atoms with E-state index in [1.807, 2.05) is 6.20 Å².